The van der Waals surface area contributed by atoms with Gasteiger partial charge in [0.15, 0.2) is 0 Å². The highest BCUT2D eigenvalue weighted by Gasteiger charge is 2.21. The average Bonchev–Trinajstić information content (AvgIpc) is 2.17. The Labute approximate surface area is 101 Å². The Morgan fingerprint density at radius 3 is 2.53 bits per heavy atom. The molecule has 1 aliphatic rings. The summed E-state index contributed by atoms with van der Waals surface area (Å²) in [6.07, 6.45) is 6.87. The molecular weight excluding hydrogens is 228 g/mol. The van der Waals surface area contributed by atoms with Crippen molar-refractivity contribution in [3.05, 3.63) is 0 Å². The molecule has 0 radical (unpaired) electrons. The van der Waals surface area contributed by atoms with E-state index < -0.39 is 0 Å². The number of hydrogen-bond acceptors (Lipinski definition) is 3. The lowest BCUT2D eigenvalue weighted by atomic mass is 9.95. The second-order valence-electron chi connectivity index (χ2n) is 3.92. The van der Waals surface area contributed by atoms with Crippen molar-refractivity contribution >= 4 is 34.9 Å². The summed E-state index contributed by atoms with van der Waals surface area (Å²) in [7, 11) is 0. The number of thioether (sulfide) groups is 1. The van der Waals surface area contributed by atoms with Crippen molar-refractivity contribution in [1.29, 1.82) is 0 Å². The van der Waals surface area contributed by atoms with E-state index in [1.165, 1.54) is 12.8 Å². The first-order chi connectivity index (χ1) is 7.11. The van der Waals surface area contributed by atoms with Crippen LogP contribution in [0, 0.1) is 0 Å². The maximum atomic E-state index is 11.4. The topological polar surface area (TPSA) is 55.1 Å². The van der Waals surface area contributed by atoms with E-state index in [1.807, 2.05) is 11.8 Å². The Bertz CT molecular complexity index is 238. The van der Waals surface area contributed by atoms with Crippen LogP contribution in [0.15, 0.2) is 0 Å². The molecule has 0 bridgehead atoms. The molecule has 3 N–H and O–H groups in total. The zero-order valence-electron chi connectivity index (χ0n) is 8.99. The number of carbonyl (C=O) groups excluding carboxylic acids is 1. The van der Waals surface area contributed by atoms with Crippen LogP contribution in [-0.2, 0) is 4.79 Å². The molecule has 0 unspecified atom stereocenters. The zero-order valence-corrected chi connectivity index (χ0v) is 10.6. The Hall–Kier alpha value is -0.290. The summed E-state index contributed by atoms with van der Waals surface area (Å²) in [6, 6.07) is 0.329. The summed E-state index contributed by atoms with van der Waals surface area (Å²) in [5.41, 5.74) is 5.31. The summed E-state index contributed by atoms with van der Waals surface area (Å²) in [6.45, 7) is 0. The maximum absolute atomic E-state index is 11.4. The average molecular weight is 246 g/mol. The van der Waals surface area contributed by atoms with Gasteiger partial charge in [0.05, 0.1) is 11.4 Å². The Balaban J connectivity index is 2.23. The molecule has 0 heterocycles. The van der Waals surface area contributed by atoms with Gasteiger partial charge in [-0.1, -0.05) is 12.2 Å². The molecular formula is C10H18N2OS2. The summed E-state index contributed by atoms with van der Waals surface area (Å²) < 4.78 is 0. The van der Waals surface area contributed by atoms with E-state index >= 15 is 0 Å². The van der Waals surface area contributed by atoms with Gasteiger partial charge in [0, 0.05) is 11.3 Å². The summed E-state index contributed by atoms with van der Waals surface area (Å²) >= 11 is 6.61. The van der Waals surface area contributed by atoms with Crippen LogP contribution in [0.1, 0.15) is 32.1 Å². The standard InChI is InChI=1S/C10H18N2OS2/c1-15-8-4-2-7(3-5-8)12-10(13)6-9(11)14/h7-8H,2-6H2,1H3,(H2,11,14)(H,12,13). The molecule has 1 saturated carbocycles. The second kappa shape index (κ2) is 6.33. The molecule has 86 valence electrons. The van der Waals surface area contributed by atoms with Gasteiger partial charge in [0.2, 0.25) is 5.91 Å². The van der Waals surface area contributed by atoms with Crippen molar-refractivity contribution in [2.45, 2.75) is 43.4 Å². The van der Waals surface area contributed by atoms with Gasteiger partial charge in [-0.3, -0.25) is 4.79 Å². The van der Waals surface area contributed by atoms with Crippen molar-refractivity contribution in [2.24, 2.45) is 5.73 Å². The molecule has 0 aliphatic heterocycles. The Kier molecular flexibility index (Phi) is 5.39. The minimum atomic E-state index is -0.0323. The number of nitrogens with two attached hydrogens (primary N) is 1. The molecule has 0 spiro atoms. The first-order valence-electron chi connectivity index (χ1n) is 5.22. The van der Waals surface area contributed by atoms with Crippen LogP contribution in [-0.4, -0.2) is 28.4 Å². The number of rotatable bonds is 4. The molecule has 3 nitrogen and oxygen atoms in total. The first-order valence-corrected chi connectivity index (χ1v) is 6.92. The van der Waals surface area contributed by atoms with Crippen LogP contribution in [0.5, 0.6) is 0 Å². The smallest absolute Gasteiger partial charge is 0.227 e. The Morgan fingerprint density at radius 1 is 1.47 bits per heavy atom. The lowest BCUT2D eigenvalue weighted by Crippen LogP contribution is -2.39. The number of nitrogens with one attached hydrogen (secondary N) is 1. The summed E-state index contributed by atoms with van der Waals surface area (Å²) in [5, 5.41) is 3.75. The molecule has 15 heavy (non-hydrogen) atoms. The predicted octanol–water partition coefficient (Wildman–Crippen LogP) is 1.45. The van der Waals surface area contributed by atoms with Gasteiger partial charge < -0.3 is 11.1 Å². The SMILES string of the molecule is CSC1CCC(NC(=O)CC(N)=S)CC1. The molecule has 0 aromatic heterocycles. The summed E-state index contributed by atoms with van der Waals surface area (Å²) in [5.74, 6) is -0.0323. The molecule has 0 atom stereocenters. The summed E-state index contributed by atoms with van der Waals surface area (Å²) in [4.78, 5) is 11.7. The third-order valence-corrected chi connectivity index (χ3v) is 3.99. The molecule has 5 heteroatoms. The van der Waals surface area contributed by atoms with Gasteiger partial charge in [-0.25, -0.2) is 0 Å². The first kappa shape index (κ1) is 12.8. The van der Waals surface area contributed by atoms with Gasteiger partial charge in [-0.05, 0) is 31.9 Å². The van der Waals surface area contributed by atoms with Gasteiger partial charge in [-0.2, -0.15) is 11.8 Å². The fourth-order valence-electron chi connectivity index (χ4n) is 1.88. The van der Waals surface area contributed by atoms with E-state index in [2.05, 4.69) is 11.6 Å². The number of carbonyl (C=O) groups is 1. The van der Waals surface area contributed by atoms with Crippen molar-refractivity contribution in [3.8, 4) is 0 Å². The van der Waals surface area contributed by atoms with Crippen molar-refractivity contribution in [1.82, 2.24) is 5.32 Å². The largest absolute Gasteiger partial charge is 0.393 e. The highest BCUT2D eigenvalue weighted by atomic mass is 32.2. The maximum Gasteiger partial charge on any atom is 0.227 e. The monoisotopic (exact) mass is 246 g/mol. The predicted molar refractivity (Wildman–Crippen MR) is 69.1 cm³/mol. The highest BCUT2D eigenvalue weighted by Crippen LogP contribution is 2.26. The number of thiocarbonyl (C=S) groups is 1. The van der Waals surface area contributed by atoms with E-state index in [0.717, 1.165) is 18.1 Å². The van der Waals surface area contributed by atoms with E-state index in [4.69, 9.17) is 18.0 Å². The van der Waals surface area contributed by atoms with Crippen LogP contribution in [0.4, 0.5) is 0 Å². The van der Waals surface area contributed by atoms with Crippen LogP contribution >= 0.6 is 24.0 Å². The normalized spacial score (nSPS) is 25.9. The second-order valence-corrected chi connectivity index (χ2v) is 5.58. The van der Waals surface area contributed by atoms with Crippen LogP contribution in [0.3, 0.4) is 0 Å². The van der Waals surface area contributed by atoms with E-state index in [9.17, 15) is 4.79 Å². The molecule has 0 aromatic carbocycles. The zero-order chi connectivity index (χ0) is 11.3. The van der Waals surface area contributed by atoms with Crippen molar-refractivity contribution in [2.75, 3.05) is 6.26 Å². The lowest BCUT2D eigenvalue weighted by molar-refractivity contribution is -0.120. The van der Waals surface area contributed by atoms with Crippen LogP contribution in [0.2, 0.25) is 0 Å². The lowest BCUT2D eigenvalue weighted by Gasteiger charge is -2.27. The van der Waals surface area contributed by atoms with Gasteiger partial charge >= 0.3 is 0 Å². The van der Waals surface area contributed by atoms with E-state index in [0.29, 0.717) is 6.04 Å². The molecule has 1 fully saturated rings. The third kappa shape index (κ3) is 4.84. The minimum Gasteiger partial charge on any atom is -0.393 e. The fourth-order valence-corrected chi connectivity index (χ4v) is 2.75. The Morgan fingerprint density at radius 2 is 2.07 bits per heavy atom. The van der Waals surface area contributed by atoms with E-state index in [-0.39, 0.29) is 17.3 Å². The van der Waals surface area contributed by atoms with Gasteiger partial charge in [0.1, 0.15) is 0 Å². The van der Waals surface area contributed by atoms with Gasteiger partial charge in [0.25, 0.3) is 0 Å². The molecule has 1 rings (SSSR count). The molecule has 0 aromatic rings. The molecule has 0 saturated heterocycles. The molecule has 1 aliphatic carbocycles. The highest BCUT2D eigenvalue weighted by molar-refractivity contribution is 7.99. The third-order valence-electron chi connectivity index (χ3n) is 2.71. The van der Waals surface area contributed by atoms with Crippen molar-refractivity contribution < 1.29 is 4.79 Å². The van der Waals surface area contributed by atoms with Crippen LogP contribution < -0.4 is 11.1 Å². The quantitative estimate of drug-likeness (QED) is 0.737. The van der Waals surface area contributed by atoms with E-state index in [1.54, 1.807) is 0 Å². The number of hydrogen-bond donors (Lipinski definition) is 2. The van der Waals surface area contributed by atoms with Crippen LogP contribution in [0.25, 0.3) is 0 Å². The molecule has 1 amide bonds. The number of amides is 1. The van der Waals surface area contributed by atoms with Crippen molar-refractivity contribution in [3.63, 3.8) is 0 Å². The fraction of sp³-hybridized carbons (Fsp3) is 0.800. The van der Waals surface area contributed by atoms with Gasteiger partial charge in [-0.15, -0.1) is 0 Å². The minimum absolute atomic E-state index is 0.0323.